The number of benzene rings is 1. The maximum absolute atomic E-state index is 12.1. The number of anilines is 1. The zero-order chi connectivity index (χ0) is 17.2. The molecular formula is C16H18N4O3S. The molecule has 2 aromatic rings. The van der Waals surface area contributed by atoms with Gasteiger partial charge in [-0.25, -0.2) is 18.5 Å². The first kappa shape index (κ1) is 16.4. The standard InChI is InChI=1S/C16H18N4O3S/c17-24(22,23)14-6-1-11(2-7-14)9-19-16(21)12-3-8-15(18-10-12)20-13-4-5-13/h1-3,6-8,10,13H,4-5,9H2,(H,18,20)(H,19,21)(H2,17,22,23). The first-order valence-corrected chi connectivity index (χ1v) is 9.09. The van der Waals surface area contributed by atoms with E-state index in [1.54, 1.807) is 24.3 Å². The fraction of sp³-hybridized carbons (Fsp3) is 0.250. The summed E-state index contributed by atoms with van der Waals surface area (Å²) in [7, 11) is -3.70. The first-order chi connectivity index (χ1) is 11.4. The van der Waals surface area contributed by atoms with Crippen LogP contribution in [0.4, 0.5) is 5.82 Å². The number of nitrogens with two attached hydrogens (primary N) is 1. The normalized spacial score (nSPS) is 14.2. The van der Waals surface area contributed by atoms with Gasteiger partial charge in [-0.2, -0.15) is 0 Å². The number of nitrogens with zero attached hydrogens (tertiary/aromatic N) is 1. The molecule has 8 heteroatoms. The van der Waals surface area contributed by atoms with E-state index in [2.05, 4.69) is 15.6 Å². The van der Waals surface area contributed by atoms with Crippen LogP contribution >= 0.6 is 0 Å². The third-order valence-corrected chi connectivity index (χ3v) is 4.59. The second kappa shape index (κ2) is 6.58. The smallest absolute Gasteiger partial charge is 0.253 e. The van der Waals surface area contributed by atoms with Gasteiger partial charge in [0.25, 0.3) is 5.91 Å². The first-order valence-electron chi connectivity index (χ1n) is 7.54. The van der Waals surface area contributed by atoms with Gasteiger partial charge in [0.05, 0.1) is 10.5 Å². The van der Waals surface area contributed by atoms with Gasteiger partial charge < -0.3 is 10.6 Å². The van der Waals surface area contributed by atoms with Gasteiger partial charge in [-0.05, 0) is 42.7 Å². The van der Waals surface area contributed by atoms with Crippen molar-refractivity contribution < 1.29 is 13.2 Å². The fourth-order valence-electron chi connectivity index (χ4n) is 2.13. The second-order valence-electron chi connectivity index (χ2n) is 5.72. The highest BCUT2D eigenvalue weighted by atomic mass is 32.2. The number of pyridine rings is 1. The van der Waals surface area contributed by atoms with Crippen LogP contribution in [0.25, 0.3) is 0 Å². The molecule has 1 saturated carbocycles. The summed E-state index contributed by atoms with van der Waals surface area (Å²) in [5, 5.41) is 11.1. The quantitative estimate of drug-likeness (QED) is 0.728. The molecule has 0 aliphatic heterocycles. The molecule has 0 spiro atoms. The molecule has 7 nitrogen and oxygen atoms in total. The average Bonchev–Trinajstić information content (AvgIpc) is 3.37. The van der Waals surface area contributed by atoms with Crippen LogP contribution in [-0.2, 0) is 16.6 Å². The molecule has 1 heterocycles. The van der Waals surface area contributed by atoms with Crippen LogP contribution in [-0.4, -0.2) is 25.4 Å². The Kier molecular flexibility index (Phi) is 4.50. The molecule has 0 saturated heterocycles. The number of hydrogen-bond donors (Lipinski definition) is 3. The van der Waals surface area contributed by atoms with E-state index in [1.807, 2.05) is 0 Å². The number of amides is 1. The summed E-state index contributed by atoms with van der Waals surface area (Å²) >= 11 is 0. The van der Waals surface area contributed by atoms with Crippen molar-refractivity contribution in [1.29, 1.82) is 0 Å². The van der Waals surface area contributed by atoms with E-state index in [4.69, 9.17) is 5.14 Å². The van der Waals surface area contributed by atoms with E-state index in [-0.39, 0.29) is 17.3 Å². The Labute approximate surface area is 140 Å². The van der Waals surface area contributed by atoms with Gasteiger partial charge in [-0.3, -0.25) is 4.79 Å². The molecule has 0 bridgehead atoms. The zero-order valence-corrected chi connectivity index (χ0v) is 13.7. The Morgan fingerprint density at radius 2 is 1.88 bits per heavy atom. The Hall–Kier alpha value is -2.45. The minimum absolute atomic E-state index is 0.0422. The van der Waals surface area contributed by atoms with E-state index in [1.165, 1.54) is 18.3 Å². The summed E-state index contributed by atoms with van der Waals surface area (Å²) < 4.78 is 22.4. The average molecular weight is 346 g/mol. The predicted octanol–water partition coefficient (Wildman–Crippen LogP) is 1.23. The topological polar surface area (TPSA) is 114 Å². The van der Waals surface area contributed by atoms with Crippen molar-refractivity contribution in [3.05, 3.63) is 53.7 Å². The molecule has 0 atom stereocenters. The molecule has 1 amide bonds. The maximum atomic E-state index is 12.1. The summed E-state index contributed by atoms with van der Waals surface area (Å²) in [6.07, 6.45) is 3.85. The minimum Gasteiger partial charge on any atom is -0.367 e. The molecule has 0 radical (unpaired) electrons. The van der Waals surface area contributed by atoms with Crippen LogP contribution < -0.4 is 15.8 Å². The lowest BCUT2D eigenvalue weighted by molar-refractivity contribution is 0.0950. The van der Waals surface area contributed by atoms with E-state index in [0.717, 1.165) is 24.2 Å². The Morgan fingerprint density at radius 3 is 2.42 bits per heavy atom. The summed E-state index contributed by atoms with van der Waals surface area (Å²) in [5.41, 5.74) is 1.24. The maximum Gasteiger partial charge on any atom is 0.253 e. The molecule has 4 N–H and O–H groups in total. The number of carbonyl (C=O) groups excluding carboxylic acids is 1. The number of carbonyl (C=O) groups is 1. The summed E-state index contributed by atoms with van der Waals surface area (Å²) in [6, 6.07) is 10.1. The van der Waals surface area contributed by atoms with Crippen LogP contribution in [0.2, 0.25) is 0 Å². The van der Waals surface area contributed by atoms with Crippen molar-refractivity contribution in [2.45, 2.75) is 30.3 Å². The molecule has 126 valence electrons. The van der Waals surface area contributed by atoms with E-state index in [9.17, 15) is 13.2 Å². The number of primary sulfonamides is 1. The van der Waals surface area contributed by atoms with Crippen LogP contribution in [0.15, 0.2) is 47.5 Å². The number of aromatic nitrogens is 1. The van der Waals surface area contributed by atoms with Gasteiger partial charge in [0.2, 0.25) is 10.0 Å². The predicted molar refractivity (Wildman–Crippen MR) is 89.9 cm³/mol. The lowest BCUT2D eigenvalue weighted by Crippen LogP contribution is -2.23. The molecule has 1 aliphatic rings. The molecule has 1 aromatic heterocycles. The highest BCUT2D eigenvalue weighted by Crippen LogP contribution is 2.23. The molecule has 24 heavy (non-hydrogen) atoms. The summed E-state index contributed by atoms with van der Waals surface area (Å²) in [4.78, 5) is 16.4. The van der Waals surface area contributed by atoms with Gasteiger partial charge in [-0.15, -0.1) is 0 Å². The molecule has 0 unspecified atom stereocenters. The third-order valence-electron chi connectivity index (χ3n) is 3.66. The van der Waals surface area contributed by atoms with Crippen molar-refractivity contribution in [3.63, 3.8) is 0 Å². The second-order valence-corrected chi connectivity index (χ2v) is 7.28. The fourth-order valence-corrected chi connectivity index (χ4v) is 2.65. The largest absolute Gasteiger partial charge is 0.367 e. The molecular weight excluding hydrogens is 328 g/mol. The van der Waals surface area contributed by atoms with Crippen molar-refractivity contribution in [3.8, 4) is 0 Å². The van der Waals surface area contributed by atoms with Crippen LogP contribution in [0.3, 0.4) is 0 Å². The van der Waals surface area contributed by atoms with Crippen LogP contribution in [0.1, 0.15) is 28.8 Å². The van der Waals surface area contributed by atoms with Crippen LogP contribution in [0, 0.1) is 0 Å². The Balaban J connectivity index is 1.56. The number of sulfonamides is 1. The van der Waals surface area contributed by atoms with Gasteiger partial charge in [-0.1, -0.05) is 12.1 Å². The van der Waals surface area contributed by atoms with Gasteiger partial charge in [0.1, 0.15) is 5.82 Å². The van der Waals surface area contributed by atoms with E-state index < -0.39 is 10.0 Å². The molecule has 1 fully saturated rings. The highest BCUT2D eigenvalue weighted by molar-refractivity contribution is 7.89. The van der Waals surface area contributed by atoms with Crippen molar-refractivity contribution in [1.82, 2.24) is 10.3 Å². The number of nitrogens with one attached hydrogen (secondary N) is 2. The SMILES string of the molecule is NS(=O)(=O)c1ccc(CNC(=O)c2ccc(NC3CC3)nc2)cc1. The van der Waals surface area contributed by atoms with Gasteiger partial charge in [0.15, 0.2) is 0 Å². The van der Waals surface area contributed by atoms with E-state index in [0.29, 0.717) is 11.6 Å². The zero-order valence-electron chi connectivity index (χ0n) is 12.9. The van der Waals surface area contributed by atoms with Crippen molar-refractivity contribution in [2.75, 3.05) is 5.32 Å². The Morgan fingerprint density at radius 1 is 1.17 bits per heavy atom. The monoisotopic (exact) mass is 346 g/mol. The molecule has 3 rings (SSSR count). The van der Waals surface area contributed by atoms with Crippen LogP contribution in [0.5, 0.6) is 0 Å². The minimum atomic E-state index is -3.70. The van der Waals surface area contributed by atoms with Gasteiger partial charge >= 0.3 is 0 Å². The molecule has 1 aliphatic carbocycles. The lowest BCUT2D eigenvalue weighted by atomic mass is 10.2. The van der Waals surface area contributed by atoms with Crippen molar-refractivity contribution in [2.24, 2.45) is 5.14 Å². The van der Waals surface area contributed by atoms with E-state index >= 15 is 0 Å². The van der Waals surface area contributed by atoms with Gasteiger partial charge in [0, 0.05) is 18.8 Å². The highest BCUT2D eigenvalue weighted by Gasteiger charge is 2.21. The Bertz CT molecular complexity index is 829. The summed E-state index contributed by atoms with van der Waals surface area (Å²) in [6.45, 7) is 0.284. The number of hydrogen-bond acceptors (Lipinski definition) is 5. The summed E-state index contributed by atoms with van der Waals surface area (Å²) in [5.74, 6) is 0.531. The lowest BCUT2D eigenvalue weighted by Gasteiger charge is -2.07. The molecule has 1 aromatic carbocycles. The third kappa shape index (κ3) is 4.30. The number of rotatable bonds is 6. The van der Waals surface area contributed by atoms with Crippen molar-refractivity contribution >= 4 is 21.7 Å².